The number of hydrogen-bond donors (Lipinski definition) is 0. The van der Waals surface area contributed by atoms with Crippen LogP contribution in [0.4, 0.5) is 8.78 Å². The molecule has 0 heterocycles. The Balaban J connectivity index is 2.12. The second-order valence-electron chi connectivity index (χ2n) is 4.78. The van der Waals surface area contributed by atoms with Crippen molar-refractivity contribution in [2.45, 2.75) is 38.2 Å². The Kier molecular flexibility index (Phi) is 3.51. The molecule has 0 unspecified atom stereocenters. The Morgan fingerprint density at radius 2 is 2.00 bits per heavy atom. The Morgan fingerprint density at radius 3 is 2.44 bits per heavy atom. The summed E-state index contributed by atoms with van der Waals surface area (Å²) in [6, 6.07) is 8.80. The number of alkyl halides is 2. The number of rotatable bonds is 4. The molecular weight excluding hydrogens is 236 g/mol. The minimum absolute atomic E-state index is 0.133. The van der Waals surface area contributed by atoms with Gasteiger partial charge in [-0.05, 0) is 36.5 Å². The highest BCUT2D eigenvalue weighted by Crippen LogP contribution is 2.48. The van der Waals surface area contributed by atoms with Crippen molar-refractivity contribution in [1.82, 2.24) is 0 Å². The van der Waals surface area contributed by atoms with Crippen molar-refractivity contribution in [2.75, 3.05) is 0 Å². The maximum absolute atomic E-state index is 12.0. The van der Waals surface area contributed by atoms with E-state index in [0.29, 0.717) is 5.92 Å². The molecule has 0 bridgehead atoms. The molecule has 1 aromatic carbocycles. The quantitative estimate of drug-likeness (QED) is 0.813. The summed E-state index contributed by atoms with van der Waals surface area (Å²) in [5, 5.41) is 9.32. The molecule has 0 radical (unpaired) electrons. The van der Waals surface area contributed by atoms with E-state index in [-0.39, 0.29) is 5.75 Å². The highest BCUT2D eigenvalue weighted by molar-refractivity contribution is 5.39. The summed E-state index contributed by atoms with van der Waals surface area (Å²) < 4.78 is 28.3. The maximum Gasteiger partial charge on any atom is 0.387 e. The average molecular weight is 251 g/mol. The van der Waals surface area contributed by atoms with E-state index < -0.39 is 12.0 Å². The van der Waals surface area contributed by atoms with Gasteiger partial charge in [-0.25, -0.2) is 0 Å². The highest BCUT2D eigenvalue weighted by Gasteiger charge is 2.44. The summed E-state index contributed by atoms with van der Waals surface area (Å²) >= 11 is 0. The van der Waals surface area contributed by atoms with Gasteiger partial charge in [0, 0.05) is 0 Å². The van der Waals surface area contributed by atoms with Gasteiger partial charge < -0.3 is 4.74 Å². The van der Waals surface area contributed by atoms with Gasteiger partial charge in [-0.2, -0.15) is 14.0 Å². The molecular formula is C14H15F2NO. The van der Waals surface area contributed by atoms with Crippen molar-refractivity contribution in [2.24, 2.45) is 5.92 Å². The van der Waals surface area contributed by atoms with Crippen LogP contribution in [-0.2, 0) is 5.41 Å². The number of halogens is 2. The normalized spacial score (nSPS) is 26.5. The lowest BCUT2D eigenvalue weighted by molar-refractivity contribution is -0.0498. The predicted octanol–water partition coefficient (Wildman–Crippen LogP) is 3.87. The third-order valence-corrected chi connectivity index (χ3v) is 3.70. The maximum atomic E-state index is 12.0. The molecule has 0 amide bonds. The summed E-state index contributed by atoms with van der Waals surface area (Å²) in [6.07, 6.45) is 2.79. The van der Waals surface area contributed by atoms with Crippen LogP contribution in [-0.4, -0.2) is 6.61 Å². The van der Waals surface area contributed by atoms with Crippen LogP contribution < -0.4 is 4.74 Å². The molecule has 2 nitrogen and oxygen atoms in total. The van der Waals surface area contributed by atoms with E-state index in [9.17, 15) is 14.0 Å². The Labute approximate surface area is 105 Å². The predicted molar refractivity (Wildman–Crippen MR) is 63.4 cm³/mol. The molecule has 1 saturated carbocycles. The first-order valence-corrected chi connectivity index (χ1v) is 6.06. The SMILES string of the molecule is CCC1CC(C#N)(c2ccc(OC(F)F)cc2)C1. The number of nitriles is 1. The molecule has 0 spiro atoms. The highest BCUT2D eigenvalue weighted by atomic mass is 19.3. The van der Waals surface area contributed by atoms with Crippen LogP contribution in [0.3, 0.4) is 0 Å². The smallest absolute Gasteiger partial charge is 0.387 e. The average Bonchev–Trinajstić information content (AvgIpc) is 2.30. The van der Waals surface area contributed by atoms with E-state index in [1.54, 1.807) is 12.1 Å². The molecule has 1 aliphatic rings. The zero-order valence-electron chi connectivity index (χ0n) is 10.2. The van der Waals surface area contributed by atoms with Crippen molar-refractivity contribution in [3.63, 3.8) is 0 Å². The van der Waals surface area contributed by atoms with Gasteiger partial charge in [-0.3, -0.25) is 0 Å². The molecule has 1 fully saturated rings. The Hall–Kier alpha value is -1.63. The summed E-state index contributed by atoms with van der Waals surface area (Å²) in [5.41, 5.74) is 0.473. The molecule has 1 aromatic rings. The van der Waals surface area contributed by atoms with E-state index in [2.05, 4.69) is 17.7 Å². The lowest BCUT2D eigenvalue weighted by atomic mass is 9.59. The standard InChI is InChI=1S/C14H15F2NO/c1-2-10-7-14(8-10,9-17)11-3-5-12(6-4-11)18-13(15)16/h3-6,10,13H,2,7-8H2,1H3. The van der Waals surface area contributed by atoms with Crippen LogP contribution in [0.15, 0.2) is 24.3 Å². The summed E-state index contributed by atoms with van der Waals surface area (Å²) in [5.74, 6) is 0.731. The van der Waals surface area contributed by atoms with Crippen LogP contribution in [0, 0.1) is 17.2 Å². The van der Waals surface area contributed by atoms with E-state index in [0.717, 1.165) is 24.8 Å². The van der Waals surface area contributed by atoms with E-state index >= 15 is 0 Å². The van der Waals surface area contributed by atoms with Crippen LogP contribution in [0.5, 0.6) is 5.75 Å². The van der Waals surface area contributed by atoms with Crippen molar-refractivity contribution in [3.05, 3.63) is 29.8 Å². The second-order valence-corrected chi connectivity index (χ2v) is 4.78. The monoisotopic (exact) mass is 251 g/mol. The topological polar surface area (TPSA) is 33.0 Å². The summed E-state index contributed by atoms with van der Waals surface area (Å²) in [7, 11) is 0. The van der Waals surface area contributed by atoms with Gasteiger partial charge in [-0.1, -0.05) is 25.5 Å². The molecule has 0 saturated heterocycles. The Bertz CT molecular complexity index is 444. The number of benzene rings is 1. The first-order chi connectivity index (χ1) is 8.59. The van der Waals surface area contributed by atoms with Gasteiger partial charge in [-0.15, -0.1) is 0 Å². The summed E-state index contributed by atoms with van der Waals surface area (Å²) in [4.78, 5) is 0. The molecule has 0 atom stereocenters. The third-order valence-electron chi connectivity index (χ3n) is 3.70. The van der Waals surface area contributed by atoms with Gasteiger partial charge >= 0.3 is 6.61 Å². The minimum atomic E-state index is -2.81. The molecule has 4 heteroatoms. The first kappa shape index (κ1) is 12.8. The molecule has 0 aromatic heterocycles. The lowest BCUT2D eigenvalue weighted by Gasteiger charge is -2.42. The molecule has 0 aliphatic heterocycles. The van der Waals surface area contributed by atoms with Crippen LogP contribution >= 0.6 is 0 Å². The lowest BCUT2D eigenvalue weighted by Crippen LogP contribution is -2.39. The van der Waals surface area contributed by atoms with Crippen LogP contribution in [0.25, 0.3) is 0 Å². The van der Waals surface area contributed by atoms with Gasteiger partial charge in [0.1, 0.15) is 5.75 Å². The third kappa shape index (κ3) is 2.31. The van der Waals surface area contributed by atoms with Gasteiger partial charge in [0.25, 0.3) is 0 Å². The zero-order chi connectivity index (χ0) is 13.2. The number of ether oxygens (including phenoxy) is 1. The molecule has 18 heavy (non-hydrogen) atoms. The zero-order valence-corrected chi connectivity index (χ0v) is 10.2. The fraction of sp³-hybridized carbons (Fsp3) is 0.500. The first-order valence-electron chi connectivity index (χ1n) is 6.06. The molecule has 1 aliphatic carbocycles. The van der Waals surface area contributed by atoms with Crippen LogP contribution in [0.2, 0.25) is 0 Å². The van der Waals surface area contributed by atoms with E-state index in [4.69, 9.17) is 0 Å². The van der Waals surface area contributed by atoms with E-state index in [1.807, 2.05) is 0 Å². The molecule has 2 rings (SSSR count). The Morgan fingerprint density at radius 1 is 1.39 bits per heavy atom. The fourth-order valence-corrected chi connectivity index (χ4v) is 2.56. The van der Waals surface area contributed by atoms with Gasteiger partial charge in [0.2, 0.25) is 0 Å². The minimum Gasteiger partial charge on any atom is -0.435 e. The van der Waals surface area contributed by atoms with Gasteiger partial charge in [0.05, 0.1) is 11.5 Å². The summed E-state index contributed by atoms with van der Waals surface area (Å²) in [6.45, 7) is -0.695. The second kappa shape index (κ2) is 4.93. The van der Waals surface area contributed by atoms with Crippen molar-refractivity contribution >= 4 is 0 Å². The number of hydrogen-bond acceptors (Lipinski definition) is 2. The molecule has 0 N–H and O–H groups in total. The van der Waals surface area contributed by atoms with E-state index in [1.165, 1.54) is 12.1 Å². The van der Waals surface area contributed by atoms with Crippen molar-refractivity contribution in [3.8, 4) is 11.8 Å². The fourth-order valence-electron chi connectivity index (χ4n) is 2.56. The van der Waals surface area contributed by atoms with Crippen molar-refractivity contribution < 1.29 is 13.5 Å². The molecule has 96 valence electrons. The van der Waals surface area contributed by atoms with Crippen molar-refractivity contribution in [1.29, 1.82) is 5.26 Å². The number of nitrogens with zero attached hydrogens (tertiary/aromatic N) is 1. The van der Waals surface area contributed by atoms with Crippen LogP contribution in [0.1, 0.15) is 31.7 Å². The largest absolute Gasteiger partial charge is 0.435 e. The van der Waals surface area contributed by atoms with Gasteiger partial charge in [0.15, 0.2) is 0 Å².